The van der Waals surface area contributed by atoms with Gasteiger partial charge in [0.25, 0.3) is 10.1 Å². The Balaban J connectivity index is 2.46. The normalized spacial score (nSPS) is 20.7. The van der Waals surface area contributed by atoms with Gasteiger partial charge in [0.05, 0.1) is 6.61 Å². The molecule has 330 valence electrons. The Morgan fingerprint density at radius 2 is 1.02 bits per heavy atom. The minimum Gasteiger partial charge on any atom is -0.462 e. The summed E-state index contributed by atoms with van der Waals surface area (Å²) in [5, 5.41) is 30.8. The molecule has 1 saturated heterocycles. The molecule has 12 nitrogen and oxygen atoms in total. The van der Waals surface area contributed by atoms with Gasteiger partial charge in [-0.25, -0.2) is 0 Å². The number of aliphatic hydroxyl groups excluding tert-OH is 3. The highest BCUT2D eigenvalue weighted by Crippen LogP contribution is 2.24. The SMILES string of the molecule is CCCCCC/C=C/CCCCCCCC(=O)OC[C@H](CO[C@H]1O[C@H](CS(=O)(=O)O)[C@@H](O)C(O)C1O)OC(=O)CCCCCCCCCCCCCCCCC. The number of ether oxygens (including phenoxy) is 4. The monoisotopic (exact) mass is 821 g/mol. The first-order valence-corrected chi connectivity index (χ1v) is 23.9. The molecule has 2 unspecified atom stereocenters. The molecule has 1 aliphatic rings. The van der Waals surface area contributed by atoms with Crippen LogP contribution in [0.3, 0.4) is 0 Å². The standard InChI is InChI=1S/C43H80O12S/c1-3-5-7-9-11-13-15-17-18-20-22-24-26-28-30-32-39(45)54-36(34-53-43-42(48)41(47)40(46)37(55-43)35-56(49,50)51)33-52-38(44)31-29-27-25-23-21-19-16-14-12-10-8-6-4-2/h14,16,36-37,40-43,46-48H,3-13,15,17-35H2,1-2H3,(H,49,50,51)/b16-14+/t36-,37-,40-,41?,42?,43+/m1/s1. The second-order valence-corrected chi connectivity index (χ2v) is 17.2. The second-order valence-electron chi connectivity index (χ2n) is 15.7. The lowest BCUT2D eigenvalue weighted by Crippen LogP contribution is -2.60. The molecular formula is C43H80O12S. The summed E-state index contributed by atoms with van der Waals surface area (Å²) in [5.41, 5.74) is 0. The van der Waals surface area contributed by atoms with E-state index in [9.17, 15) is 37.9 Å². The summed E-state index contributed by atoms with van der Waals surface area (Å²) in [4.78, 5) is 25.3. The van der Waals surface area contributed by atoms with Gasteiger partial charge in [-0.1, -0.05) is 154 Å². The van der Waals surface area contributed by atoms with Crippen molar-refractivity contribution in [1.82, 2.24) is 0 Å². The highest BCUT2D eigenvalue weighted by Gasteiger charge is 2.46. The molecule has 1 fully saturated rings. The van der Waals surface area contributed by atoms with Gasteiger partial charge in [-0.05, 0) is 38.5 Å². The molecule has 1 heterocycles. The summed E-state index contributed by atoms with van der Waals surface area (Å²) in [6.07, 6.45) is 25.4. The Hall–Kier alpha value is -1.61. The van der Waals surface area contributed by atoms with Crippen molar-refractivity contribution in [3.63, 3.8) is 0 Å². The van der Waals surface area contributed by atoms with Crippen LogP contribution in [0.15, 0.2) is 12.2 Å². The number of unbranched alkanes of at least 4 members (excludes halogenated alkanes) is 23. The predicted octanol–water partition coefficient (Wildman–Crippen LogP) is 8.67. The van der Waals surface area contributed by atoms with Crippen molar-refractivity contribution in [2.75, 3.05) is 19.0 Å². The third-order valence-corrected chi connectivity index (χ3v) is 11.1. The molecule has 0 saturated carbocycles. The van der Waals surface area contributed by atoms with Crippen molar-refractivity contribution in [3.05, 3.63) is 12.2 Å². The molecule has 0 aromatic heterocycles. The highest BCUT2D eigenvalue weighted by atomic mass is 32.2. The van der Waals surface area contributed by atoms with E-state index < -0.39 is 71.2 Å². The van der Waals surface area contributed by atoms with Gasteiger partial charge < -0.3 is 34.3 Å². The van der Waals surface area contributed by atoms with E-state index >= 15 is 0 Å². The third-order valence-electron chi connectivity index (χ3n) is 10.3. The first-order valence-electron chi connectivity index (χ1n) is 22.2. The average molecular weight is 821 g/mol. The molecule has 1 aliphatic heterocycles. The molecule has 13 heteroatoms. The van der Waals surface area contributed by atoms with Crippen LogP contribution in [-0.2, 0) is 38.7 Å². The Bertz CT molecular complexity index is 1100. The maximum Gasteiger partial charge on any atom is 0.306 e. The minimum atomic E-state index is -4.60. The van der Waals surface area contributed by atoms with Gasteiger partial charge in [-0.2, -0.15) is 8.42 Å². The number of allylic oxidation sites excluding steroid dienone is 2. The lowest BCUT2D eigenvalue weighted by atomic mass is 10.00. The van der Waals surface area contributed by atoms with Crippen LogP contribution in [-0.4, -0.2) is 96.0 Å². The van der Waals surface area contributed by atoms with Crippen molar-refractivity contribution in [3.8, 4) is 0 Å². The smallest absolute Gasteiger partial charge is 0.306 e. The van der Waals surface area contributed by atoms with Crippen LogP contribution in [0.4, 0.5) is 0 Å². The summed E-state index contributed by atoms with van der Waals surface area (Å²) >= 11 is 0. The summed E-state index contributed by atoms with van der Waals surface area (Å²) in [5.74, 6) is -1.98. The molecule has 6 atom stereocenters. The molecule has 4 N–H and O–H groups in total. The molecule has 1 rings (SSSR count). The zero-order valence-corrected chi connectivity index (χ0v) is 35.8. The maximum atomic E-state index is 12.8. The number of esters is 2. The van der Waals surface area contributed by atoms with E-state index in [0.717, 1.165) is 57.8 Å². The molecule has 0 spiro atoms. The van der Waals surface area contributed by atoms with Crippen LogP contribution in [0.1, 0.15) is 194 Å². The fourth-order valence-corrected chi connectivity index (χ4v) is 7.54. The van der Waals surface area contributed by atoms with Crippen LogP contribution in [0.2, 0.25) is 0 Å². The molecule has 0 aliphatic carbocycles. The van der Waals surface area contributed by atoms with E-state index in [1.54, 1.807) is 0 Å². The predicted molar refractivity (Wildman–Crippen MR) is 220 cm³/mol. The number of carbonyl (C=O) groups excluding carboxylic acids is 2. The Kier molecular flexibility index (Phi) is 32.1. The van der Waals surface area contributed by atoms with Crippen LogP contribution >= 0.6 is 0 Å². The van der Waals surface area contributed by atoms with Gasteiger partial charge in [0.1, 0.15) is 36.8 Å². The van der Waals surface area contributed by atoms with Gasteiger partial charge in [-0.3, -0.25) is 14.1 Å². The van der Waals surface area contributed by atoms with Gasteiger partial charge in [0, 0.05) is 12.8 Å². The van der Waals surface area contributed by atoms with Gasteiger partial charge in [0.2, 0.25) is 0 Å². The van der Waals surface area contributed by atoms with E-state index in [2.05, 4.69) is 26.0 Å². The molecule has 0 bridgehead atoms. The van der Waals surface area contributed by atoms with E-state index in [1.165, 1.54) is 96.3 Å². The molecule has 0 aromatic carbocycles. The Morgan fingerprint density at radius 3 is 1.50 bits per heavy atom. The average Bonchev–Trinajstić information content (AvgIpc) is 3.16. The van der Waals surface area contributed by atoms with Crippen LogP contribution < -0.4 is 0 Å². The van der Waals surface area contributed by atoms with E-state index in [-0.39, 0.29) is 19.4 Å². The van der Waals surface area contributed by atoms with E-state index in [4.69, 9.17) is 18.9 Å². The molecule has 0 aromatic rings. The summed E-state index contributed by atoms with van der Waals surface area (Å²) in [6.45, 7) is 3.74. The fourth-order valence-electron chi connectivity index (χ4n) is 6.85. The van der Waals surface area contributed by atoms with Crippen LogP contribution in [0.5, 0.6) is 0 Å². The zero-order chi connectivity index (χ0) is 41.3. The van der Waals surface area contributed by atoms with Crippen LogP contribution in [0, 0.1) is 0 Å². The minimum absolute atomic E-state index is 0.168. The fraction of sp³-hybridized carbons (Fsp3) is 0.907. The quantitative estimate of drug-likeness (QED) is 0.0203. The molecule has 0 radical (unpaired) electrons. The van der Waals surface area contributed by atoms with E-state index in [0.29, 0.717) is 12.8 Å². The summed E-state index contributed by atoms with van der Waals surface area (Å²) in [6, 6.07) is 0. The van der Waals surface area contributed by atoms with Crippen molar-refractivity contribution < 1.29 is 56.8 Å². The largest absolute Gasteiger partial charge is 0.462 e. The third kappa shape index (κ3) is 28.7. The van der Waals surface area contributed by atoms with Gasteiger partial charge >= 0.3 is 11.9 Å². The zero-order valence-electron chi connectivity index (χ0n) is 35.0. The van der Waals surface area contributed by atoms with Gasteiger partial charge in [0.15, 0.2) is 12.4 Å². The number of hydrogen-bond acceptors (Lipinski definition) is 11. The molecule has 0 amide bonds. The summed E-state index contributed by atoms with van der Waals surface area (Å²) in [7, 11) is -4.60. The summed E-state index contributed by atoms with van der Waals surface area (Å²) < 4.78 is 54.0. The van der Waals surface area contributed by atoms with Crippen molar-refractivity contribution in [2.45, 2.75) is 230 Å². The van der Waals surface area contributed by atoms with Crippen molar-refractivity contribution >= 4 is 22.1 Å². The maximum absolute atomic E-state index is 12.8. The first-order chi connectivity index (χ1) is 27.0. The van der Waals surface area contributed by atoms with E-state index in [1.807, 2.05) is 0 Å². The number of rotatable bonds is 37. The van der Waals surface area contributed by atoms with Crippen LogP contribution in [0.25, 0.3) is 0 Å². The van der Waals surface area contributed by atoms with Gasteiger partial charge in [-0.15, -0.1) is 0 Å². The second kappa shape index (κ2) is 34.3. The first kappa shape index (κ1) is 52.4. The number of hydrogen-bond donors (Lipinski definition) is 4. The topological polar surface area (TPSA) is 186 Å². The number of carbonyl (C=O) groups is 2. The lowest BCUT2D eigenvalue weighted by Gasteiger charge is -2.40. The highest BCUT2D eigenvalue weighted by molar-refractivity contribution is 7.85. The van der Waals surface area contributed by atoms with Crippen molar-refractivity contribution in [1.29, 1.82) is 0 Å². The Labute approximate surface area is 339 Å². The Morgan fingerprint density at radius 1 is 0.589 bits per heavy atom. The molecule has 56 heavy (non-hydrogen) atoms. The lowest BCUT2D eigenvalue weighted by molar-refractivity contribution is -0.297. The van der Waals surface area contributed by atoms with Crippen molar-refractivity contribution in [2.24, 2.45) is 0 Å². The number of aliphatic hydroxyl groups is 3. The molecular weight excluding hydrogens is 741 g/mol.